The number of carbonyl (C=O) groups is 2. The second-order valence-electron chi connectivity index (χ2n) is 9.41. The number of para-hydroxylation sites is 1. The summed E-state index contributed by atoms with van der Waals surface area (Å²) in [5.41, 5.74) is 3.18. The fraction of sp³-hybridized carbons (Fsp3) is 0.667. The molecule has 4 aliphatic carbocycles. The van der Waals surface area contributed by atoms with Gasteiger partial charge in [0.2, 0.25) is 11.8 Å². The van der Waals surface area contributed by atoms with Crippen molar-refractivity contribution >= 4 is 17.5 Å². The summed E-state index contributed by atoms with van der Waals surface area (Å²) in [5.74, 6) is 2.49. The fourth-order valence-electron chi connectivity index (χ4n) is 6.47. The number of hydrogen-bond acceptors (Lipinski definition) is 2. The Morgan fingerprint density at radius 1 is 0.964 bits per heavy atom. The van der Waals surface area contributed by atoms with Crippen molar-refractivity contribution in [2.75, 3.05) is 11.9 Å². The Morgan fingerprint density at radius 3 is 2.00 bits per heavy atom. The quantitative estimate of drug-likeness (QED) is 0.731. The van der Waals surface area contributed by atoms with Gasteiger partial charge >= 0.3 is 0 Å². The second kappa shape index (κ2) is 7.88. The highest BCUT2D eigenvalue weighted by atomic mass is 16.2. The maximum absolute atomic E-state index is 13.0. The number of aryl methyl sites for hydroxylation is 2. The minimum atomic E-state index is -0.130. The molecule has 0 unspecified atom stereocenters. The standard InChI is InChI=1S/C24H34N2O2/c1-3-19-6-5-7-20(4-2)22(19)26-21(27)8-9-25-23(28)24-13-16-10-17(14-24)12-18(11-16)15-24/h5-7,16-18H,3-4,8-15H2,1-2H3,(H,25,28)(H,26,27). The lowest BCUT2D eigenvalue weighted by Gasteiger charge is -2.55. The summed E-state index contributed by atoms with van der Waals surface area (Å²) < 4.78 is 0. The van der Waals surface area contributed by atoms with Crippen LogP contribution in [0, 0.1) is 23.2 Å². The highest BCUT2D eigenvalue weighted by molar-refractivity contribution is 5.93. The van der Waals surface area contributed by atoms with E-state index in [4.69, 9.17) is 0 Å². The van der Waals surface area contributed by atoms with E-state index in [1.54, 1.807) is 0 Å². The minimum absolute atomic E-state index is 0.0126. The van der Waals surface area contributed by atoms with Crippen LogP contribution < -0.4 is 10.6 Å². The summed E-state index contributed by atoms with van der Waals surface area (Å²) in [4.78, 5) is 25.5. The second-order valence-corrected chi connectivity index (χ2v) is 9.41. The minimum Gasteiger partial charge on any atom is -0.355 e. The average molecular weight is 383 g/mol. The van der Waals surface area contributed by atoms with Crippen LogP contribution in [0.3, 0.4) is 0 Å². The van der Waals surface area contributed by atoms with Crippen LogP contribution >= 0.6 is 0 Å². The first-order valence-corrected chi connectivity index (χ1v) is 11.2. The van der Waals surface area contributed by atoms with Crippen LogP contribution in [-0.4, -0.2) is 18.4 Å². The van der Waals surface area contributed by atoms with Gasteiger partial charge in [-0.05, 0) is 80.2 Å². The van der Waals surface area contributed by atoms with Crippen molar-refractivity contribution in [2.24, 2.45) is 23.2 Å². The molecule has 2 N–H and O–H groups in total. The predicted molar refractivity (Wildman–Crippen MR) is 112 cm³/mol. The van der Waals surface area contributed by atoms with Gasteiger partial charge in [-0.3, -0.25) is 9.59 Å². The highest BCUT2D eigenvalue weighted by Gasteiger charge is 2.54. The first-order chi connectivity index (χ1) is 13.5. The number of anilines is 1. The van der Waals surface area contributed by atoms with Gasteiger partial charge in [0.25, 0.3) is 0 Å². The lowest BCUT2D eigenvalue weighted by Crippen LogP contribution is -2.53. The zero-order valence-electron chi connectivity index (χ0n) is 17.4. The van der Waals surface area contributed by atoms with E-state index in [-0.39, 0.29) is 17.2 Å². The third kappa shape index (κ3) is 3.70. The van der Waals surface area contributed by atoms with E-state index in [1.165, 1.54) is 30.4 Å². The van der Waals surface area contributed by atoms with Crippen LogP contribution in [0.5, 0.6) is 0 Å². The van der Waals surface area contributed by atoms with Gasteiger partial charge in [0.05, 0.1) is 0 Å². The number of hydrogen-bond donors (Lipinski definition) is 2. The van der Waals surface area contributed by atoms with Crippen molar-refractivity contribution in [3.05, 3.63) is 29.3 Å². The Labute approximate surface area is 168 Å². The molecule has 5 rings (SSSR count). The largest absolute Gasteiger partial charge is 0.355 e. The van der Waals surface area contributed by atoms with E-state index in [1.807, 2.05) is 0 Å². The normalized spacial score (nSPS) is 30.3. The molecule has 4 nitrogen and oxygen atoms in total. The highest BCUT2D eigenvalue weighted by Crippen LogP contribution is 2.60. The Morgan fingerprint density at radius 2 is 1.50 bits per heavy atom. The Kier molecular flexibility index (Phi) is 5.48. The van der Waals surface area contributed by atoms with Crippen LogP contribution in [0.1, 0.15) is 69.9 Å². The van der Waals surface area contributed by atoms with E-state index in [0.29, 0.717) is 13.0 Å². The number of amides is 2. The molecule has 1 aromatic carbocycles. The van der Waals surface area contributed by atoms with Crippen LogP contribution in [0.2, 0.25) is 0 Å². The Balaban J connectivity index is 1.31. The zero-order valence-corrected chi connectivity index (χ0v) is 17.4. The SMILES string of the molecule is CCc1cccc(CC)c1NC(=O)CCNC(=O)C12CC3CC(CC(C3)C1)C2. The molecule has 4 heteroatoms. The lowest BCUT2D eigenvalue weighted by molar-refractivity contribution is -0.146. The van der Waals surface area contributed by atoms with E-state index in [9.17, 15) is 9.59 Å². The maximum Gasteiger partial charge on any atom is 0.226 e. The van der Waals surface area contributed by atoms with Crippen molar-refractivity contribution in [1.29, 1.82) is 0 Å². The average Bonchev–Trinajstić information content (AvgIpc) is 2.67. The topological polar surface area (TPSA) is 58.2 Å². The van der Waals surface area contributed by atoms with Gasteiger partial charge in [-0.15, -0.1) is 0 Å². The number of benzene rings is 1. The summed E-state index contributed by atoms with van der Waals surface area (Å²) in [6, 6.07) is 6.20. The number of rotatable bonds is 7. The summed E-state index contributed by atoms with van der Waals surface area (Å²) in [6.07, 6.45) is 9.35. The number of carbonyl (C=O) groups excluding carboxylic acids is 2. The molecule has 0 saturated heterocycles. The first kappa shape index (κ1) is 19.5. The molecule has 2 amide bonds. The van der Waals surface area contributed by atoms with Crippen molar-refractivity contribution in [2.45, 2.75) is 71.6 Å². The first-order valence-electron chi connectivity index (χ1n) is 11.2. The van der Waals surface area contributed by atoms with Gasteiger partial charge in [0.15, 0.2) is 0 Å². The van der Waals surface area contributed by atoms with Crippen molar-refractivity contribution in [3.8, 4) is 0 Å². The van der Waals surface area contributed by atoms with E-state index < -0.39 is 0 Å². The van der Waals surface area contributed by atoms with E-state index in [0.717, 1.165) is 55.5 Å². The number of nitrogens with one attached hydrogen (secondary N) is 2. The monoisotopic (exact) mass is 382 g/mol. The smallest absolute Gasteiger partial charge is 0.226 e. The molecular weight excluding hydrogens is 348 g/mol. The summed E-state index contributed by atoms with van der Waals surface area (Å²) in [7, 11) is 0. The molecule has 0 radical (unpaired) electrons. The van der Waals surface area contributed by atoms with E-state index in [2.05, 4.69) is 42.7 Å². The predicted octanol–water partition coefficient (Wildman–Crippen LogP) is 4.47. The van der Waals surface area contributed by atoms with Crippen molar-refractivity contribution < 1.29 is 9.59 Å². The zero-order chi connectivity index (χ0) is 19.7. The Bertz CT molecular complexity index is 697. The maximum atomic E-state index is 13.0. The van der Waals surface area contributed by atoms with Gasteiger partial charge < -0.3 is 10.6 Å². The van der Waals surface area contributed by atoms with Gasteiger partial charge in [-0.2, -0.15) is 0 Å². The molecule has 0 atom stereocenters. The molecule has 152 valence electrons. The van der Waals surface area contributed by atoms with Crippen molar-refractivity contribution in [1.82, 2.24) is 5.32 Å². The lowest BCUT2D eigenvalue weighted by atomic mass is 9.49. The Hall–Kier alpha value is -1.84. The van der Waals surface area contributed by atoms with Gasteiger partial charge in [0.1, 0.15) is 0 Å². The summed E-state index contributed by atoms with van der Waals surface area (Å²) in [5, 5.41) is 6.21. The molecule has 4 saturated carbocycles. The molecular formula is C24H34N2O2. The van der Waals surface area contributed by atoms with Crippen LogP contribution in [-0.2, 0) is 22.4 Å². The van der Waals surface area contributed by atoms with Crippen LogP contribution in [0.4, 0.5) is 5.69 Å². The fourth-order valence-corrected chi connectivity index (χ4v) is 6.47. The molecule has 0 spiro atoms. The van der Waals surface area contributed by atoms with Crippen LogP contribution in [0.15, 0.2) is 18.2 Å². The van der Waals surface area contributed by atoms with Crippen molar-refractivity contribution in [3.63, 3.8) is 0 Å². The molecule has 0 aromatic heterocycles. The molecule has 1 aromatic rings. The molecule has 0 aliphatic heterocycles. The molecule has 28 heavy (non-hydrogen) atoms. The van der Waals surface area contributed by atoms with Gasteiger partial charge in [0, 0.05) is 24.1 Å². The van der Waals surface area contributed by atoms with Gasteiger partial charge in [-0.25, -0.2) is 0 Å². The summed E-state index contributed by atoms with van der Waals surface area (Å²) in [6.45, 7) is 4.65. The van der Waals surface area contributed by atoms with E-state index >= 15 is 0 Å². The molecule has 0 heterocycles. The third-order valence-corrected chi connectivity index (χ3v) is 7.42. The molecule has 4 fully saturated rings. The third-order valence-electron chi connectivity index (χ3n) is 7.42. The van der Waals surface area contributed by atoms with Gasteiger partial charge in [-0.1, -0.05) is 32.0 Å². The molecule has 4 bridgehead atoms. The molecule has 4 aliphatic rings. The van der Waals surface area contributed by atoms with Crippen LogP contribution in [0.25, 0.3) is 0 Å². The summed E-state index contributed by atoms with van der Waals surface area (Å²) >= 11 is 0.